The van der Waals surface area contributed by atoms with Crippen molar-refractivity contribution in [1.29, 1.82) is 5.26 Å². The van der Waals surface area contributed by atoms with Gasteiger partial charge in [-0.25, -0.2) is 4.39 Å². The SMILES string of the molecule is N#CCCN(Cc1ccccc1)C(=O)c1ccc(F)cc1. The van der Waals surface area contributed by atoms with Crippen LogP contribution in [0.1, 0.15) is 22.3 Å². The van der Waals surface area contributed by atoms with Gasteiger partial charge in [0.1, 0.15) is 5.82 Å². The maximum absolute atomic E-state index is 12.9. The van der Waals surface area contributed by atoms with Gasteiger partial charge in [0.05, 0.1) is 12.5 Å². The molecule has 2 aromatic carbocycles. The molecule has 21 heavy (non-hydrogen) atoms. The lowest BCUT2D eigenvalue weighted by molar-refractivity contribution is 0.0747. The van der Waals surface area contributed by atoms with Crippen LogP contribution in [0.3, 0.4) is 0 Å². The van der Waals surface area contributed by atoms with Crippen LogP contribution < -0.4 is 0 Å². The second kappa shape index (κ2) is 7.20. The minimum absolute atomic E-state index is 0.200. The van der Waals surface area contributed by atoms with E-state index in [-0.39, 0.29) is 18.1 Å². The summed E-state index contributed by atoms with van der Waals surface area (Å²) in [4.78, 5) is 14.1. The highest BCUT2D eigenvalue weighted by atomic mass is 19.1. The van der Waals surface area contributed by atoms with E-state index in [4.69, 9.17) is 5.26 Å². The third kappa shape index (κ3) is 4.15. The summed E-state index contributed by atoms with van der Waals surface area (Å²) in [5.41, 5.74) is 1.41. The van der Waals surface area contributed by atoms with Crippen molar-refractivity contribution < 1.29 is 9.18 Å². The van der Waals surface area contributed by atoms with E-state index in [0.717, 1.165) is 5.56 Å². The first kappa shape index (κ1) is 14.7. The summed E-state index contributed by atoms with van der Waals surface area (Å²) in [6.07, 6.45) is 0.264. The Morgan fingerprint density at radius 3 is 2.38 bits per heavy atom. The Kier molecular flexibility index (Phi) is 5.05. The van der Waals surface area contributed by atoms with Gasteiger partial charge in [0.2, 0.25) is 0 Å². The molecule has 0 unspecified atom stereocenters. The molecule has 0 N–H and O–H groups in total. The smallest absolute Gasteiger partial charge is 0.254 e. The largest absolute Gasteiger partial charge is 0.333 e. The van der Waals surface area contributed by atoms with Crippen LogP contribution in [0.15, 0.2) is 54.6 Å². The minimum atomic E-state index is -0.377. The molecule has 0 atom stereocenters. The topological polar surface area (TPSA) is 44.1 Å². The van der Waals surface area contributed by atoms with Crippen molar-refractivity contribution in [3.63, 3.8) is 0 Å². The zero-order valence-corrected chi connectivity index (χ0v) is 11.5. The van der Waals surface area contributed by atoms with Crippen LogP contribution in [-0.4, -0.2) is 17.4 Å². The Bertz CT molecular complexity index is 632. The molecule has 0 saturated heterocycles. The predicted molar refractivity (Wildman–Crippen MR) is 77.8 cm³/mol. The van der Waals surface area contributed by atoms with E-state index in [1.54, 1.807) is 4.90 Å². The minimum Gasteiger partial charge on any atom is -0.333 e. The number of amides is 1. The van der Waals surface area contributed by atoms with Crippen LogP contribution in [0.5, 0.6) is 0 Å². The molecule has 0 fully saturated rings. The van der Waals surface area contributed by atoms with E-state index in [9.17, 15) is 9.18 Å². The zero-order valence-electron chi connectivity index (χ0n) is 11.5. The first-order valence-corrected chi connectivity index (χ1v) is 6.66. The Morgan fingerprint density at radius 2 is 1.76 bits per heavy atom. The van der Waals surface area contributed by atoms with Crippen LogP contribution in [0.25, 0.3) is 0 Å². The van der Waals surface area contributed by atoms with E-state index in [0.29, 0.717) is 18.7 Å². The van der Waals surface area contributed by atoms with Crippen LogP contribution >= 0.6 is 0 Å². The molecule has 0 aliphatic heterocycles. The molecular weight excluding hydrogens is 267 g/mol. The summed E-state index contributed by atoms with van der Waals surface area (Å²) in [6, 6.07) is 17.1. The third-order valence-corrected chi connectivity index (χ3v) is 3.09. The van der Waals surface area contributed by atoms with Crippen molar-refractivity contribution in [3.8, 4) is 6.07 Å². The highest BCUT2D eigenvalue weighted by molar-refractivity contribution is 5.94. The van der Waals surface area contributed by atoms with Gasteiger partial charge in [-0.3, -0.25) is 4.79 Å². The normalized spacial score (nSPS) is 9.90. The van der Waals surface area contributed by atoms with Gasteiger partial charge in [-0.2, -0.15) is 5.26 Å². The maximum Gasteiger partial charge on any atom is 0.254 e. The van der Waals surface area contributed by atoms with E-state index in [1.165, 1.54) is 24.3 Å². The Balaban J connectivity index is 2.17. The van der Waals surface area contributed by atoms with Crippen molar-refractivity contribution in [2.45, 2.75) is 13.0 Å². The predicted octanol–water partition coefficient (Wildman–Crippen LogP) is 3.38. The number of carbonyl (C=O) groups excluding carboxylic acids is 1. The van der Waals surface area contributed by atoms with Gasteiger partial charge in [-0.05, 0) is 29.8 Å². The molecule has 2 rings (SSSR count). The van der Waals surface area contributed by atoms with Crippen LogP contribution in [0, 0.1) is 17.1 Å². The lowest BCUT2D eigenvalue weighted by Gasteiger charge is -2.22. The van der Waals surface area contributed by atoms with Gasteiger partial charge < -0.3 is 4.90 Å². The molecule has 0 aliphatic rings. The standard InChI is InChI=1S/C17H15FN2O/c18-16-9-7-15(8-10-16)17(21)20(12-4-11-19)13-14-5-2-1-3-6-14/h1-3,5-10H,4,12-13H2. The van der Waals surface area contributed by atoms with Gasteiger partial charge in [-0.1, -0.05) is 30.3 Å². The number of hydrogen-bond acceptors (Lipinski definition) is 2. The van der Waals surface area contributed by atoms with Crippen molar-refractivity contribution >= 4 is 5.91 Å². The van der Waals surface area contributed by atoms with Crippen molar-refractivity contribution in [1.82, 2.24) is 4.90 Å². The number of carbonyl (C=O) groups is 1. The molecule has 0 radical (unpaired) electrons. The van der Waals surface area contributed by atoms with Crippen LogP contribution in [0.4, 0.5) is 4.39 Å². The lowest BCUT2D eigenvalue weighted by atomic mass is 10.1. The summed E-state index contributed by atoms with van der Waals surface area (Å²) < 4.78 is 12.9. The molecule has 0 aliphatic carbocycles. The van der Waals surface area contributed by atoms with E-state index >= 15 is 0 Å². The number of nitrogens with zero attached hydrogens (tertiary/aromatic N) is 2. The number of benzene rings is 2. The number of hydrogen-bond donors (Lipinski definition) is 0. The fraction of sp³-hybridized carbons (Fsp3) is 0.176. The van der Waals surface area contributed by atoms with Gasteiger partial charge >= 0.3 is 0 Å². The monoisotopic (exact) mass is 282 g/mol. The molecule has 0 aromatic heterocycles. The maximum atomic E-state index is 12.9. The number of nitriles is 1. The molecule has 4 heteroatoms. The summed E-state index contributed by atoms with van der Waals surface area (Å²) >= 11 is 0. The van der Waals surface area contributed by atoms with Crippen molar-refractivity contribution in [2.24, 2.45) is 0 Å². The molecule has 0 heterocycles. The van der Waals surface area contributed by atoms with E-state index < -0.39 is 0 Å². The average Bonchev–Trinajstić information content (AvgIpc) is 2.52. The fourth-order valence-corrected chi connectivity index (χ4v) is 2.02. The molecule has 0 saturated carbocycles. The number of halogens is 1. The highest BCUT2D eigenvalue weighted by Gasteiger charge is 2.15. The van der Waals surface area contributed by atoms with Crippen LogP contribution in [-0.2, 0) is 6.54 Å². The first-order chi connectivity index (χ1) is 10.2. The molecule has 0 bridgehead atoms. The Hall–Kier alpha value is -2.67. The summed E-state index contributed by atoms with van der Waals surface area (Å²) in [6.45, 7) is 0.778. The zero-order chi connectivity index (χ0) is 15.1. The van der Waals surface area contributed by atoms with E-state index in [2.05, 4.69) is 0 Å². The fourth-order valence-electron chi connectivity index (χ4n) is 2.02. The van der Waals surface area contributed by atoms with Crippen molar-refractivity contribution in [2.75, 3.05) is 6.54 Å². The molecule has 2 aromatic rings. The van der Waals surface area contributed by atoms with Gasteiger partial charge in [0.15, 0.2) is 0 Å². The van der Waals surface area contributed by atoms with Gasteiger partial charge in [0.25, 0.3) is 5.91 Å². The Labute approximate surface area is 123 Å². The quantitative estimate of drug-likeness (QED) is 0.843. The van der Waals surface area contributed by atoms with Crippen molar-refractivity contribution in [3.05, 3.63) is 71.5 Å². The molecule has 3 nitrogen and oxygen atoms in total. The summed E-state index contributed by atoms with van der Waals surface area (Å²) in [5.74, 6) is -0.577. The number of rotatable bonds is 5. The van der Waals surface area contributed by atoms with Gasteiger partial charge in [0, 0.05) is 18.7 Å². The van der Waals surface area contributed by atoms with Crippen LogP contribution in [0.2, 0.25) is 0 Å². The lowest BCUT2D eigenvalue weighted by Crippen LogP contribution is -2.31. The second-order valence-corrected chi connectivity index (χ2v) is 4.63. The second-order valence-electron chi connectivity index (χ2n) is 4.63. The molecular formula is C17H15FN2O. The molecule has 0 spiro atoms. The summed E-state index contributed by atoms with van der Waals surface area (Å²) in [5, 5.41) is 8.73. The first-order valence-electron chi connectivity index (χ1n) is 6.66. The van der Waals surface area contributed by atoms with Gasteiger partial charge in [-0.15, -0.1) is 0 Å². The average molecular weight is 282 g/mol. The molecule has 1 amide bonds. The third-order valence-electron chi connectivity index (χ3n) is 3.09. The highest BCUT2D eigenvalue weighted by Crippen LogP contribution is 2.11. The Morgan fingerprint density at radius 1 is 1.10 bits per heavy atom. The van der Waals surface area contributed by atoms with E-state index in [1.807, 2.05) is 36.4 Å². The molecule has 106 valence electrons. The summed E-state index contributed by atoms with van der Waals surface area (Å²) in [7, 11) is 0.